The van der Waals surface area contributed by atoms with Gasteiger partial charge in [0.2, 0.25) is 0 Å². The van der Waals surface area contributed by atoms with Crippen LogP contribution >= 0.6 is 0 Å². The Labute approximate surface area is 394 Å². The maximum absolute atomic E-state index is 12.9. The number of aliphatic hydroxyl groups is 1. The highest BCUT2D eigenvalue weighted by Crippen LogP contribution is 2.16. The van der Waals surface area contributed by atoms with Gasteiger partial charge in [0.15, 0.2) is 6.10 Å². The predicted molar refractivity (Wildman–Crippen MR) is 276 cm³/mol. The molecular formula is C58H110O5. The summed E-state index contributed by atoms with van der Waals surface area (Å²) in [6.45, 7) is 8.22. The number of carbonyl (C=O) groups excluding carboxylic acids is 1. The highest BCUT2D eigenvalue weighted by Gasteiger charge is 2.26. The van der Waals surface area contributed by atoms with E-state index in [0.29, 0.717) is 26.2 Å². The topological polar surface area (TPSA) is 65.0 Å². The number of ether oxygens (including phenoxy) is 3. The minimum Gasteiger partial charge on any atom is -0.457 e. The summed E-state index contributed by atoms with van der Waals surface area (Å²) in [6.07, 6.45) is 65.4. The van der Waals surface area contributed by atoms with Crippen molar-refractivity contribution in [3.05, 3.63) is 36.5 Å². The van der Waals surface area contributed by atoms with Crippen molar-refractivity contribution in [3.8, 4) is 0 Å². The Bertz CT molecular complexity index is 959. The van der Waals surface area contributed by atoms with Crippen LogP contribution in [0.15, 0.2) is 36.5 Å². The third-order valence-corrected chi connectivity index (χ3v) is 12.6. The van der Waals surface area contributed by atoms with Crippen molar-refractivity contribution >= 4 is 5.97 Å². The fourth-order valence-electron chi connectivity index (χ4n) is 8.30. The van der Waals surface area contributed by atoms with Crippen LogP contribution in [0.4, 0.5) is 0 Å². The average Bonchev–Trinajstić information content (AvgIpc) is 3.29. The van der Waals surface area contributed by atoms with Crippen LogP contribution in [0.25, 0.3) is 0 Å². The van der Waals surface area contributed by atoms with Gasteiger partial charge in [-0.1, -0.05) is 224 Å². The number of unbranched alkanes of at least 4 members (excludes halogenated alkanes) is 35. The Hall–Kier alpha value is -1.43. The van der Waals surface area contributed by atoms with Gasteiger partial charge < -0.3 is 19.3 Å². The summed E-state index contributed by atoms with van der Waals surface area (Å²) in [5.41, 5.74) is 0. The van der Waals surface area contributed by atoms with Gasteiger partial charge >= 0.3 is 5.97 Å². The van der Waals surface area contributed by atoms with Crippen molar-refractivity contribution in [2.45, 2.75) is 303 Å². The summed E-state index contributed by atoms with van der Waals surface area (Å²) in [5, 5.41) is 10.3. The monoisotopic (exact) mass is 887 g/mol. The molecule has 0 aliphatic heterocycles. The molecule has 0 aliphatic rings. The second-order valence-corrected chi connectivity index (χ2v) is 18.9. The molecule has 0 spiro atoms. The average molecular weight is 888 g/mol. The molecular weight excluding hydrogens is 777 g/mol. The van der Waals surface area contributed by atoms with Crippen LogP contribution in [0, 0.1) is 0 Å². The first kappa shape index (κ1) is 61.6. The van der Waals surface area contributed by atoms with E-state index >= 15 is 0 Å². The lowest BCUT2D eigenvalue weighted by molar-refractivity contribution is -0.166. The Kier molecular flexibility index (Phi) is 53.7. The van der Waals surface area contributed by atoms with E-state index in [1.54, 1.807) is 0 Å². The number of hydrogen-bond acceptors (Lipinski definition) is 5. The Morgan fingerprint density at radius 2 is 0.683 bits per heavy atom. The first-order valence-corrected chi connectivity index (χ1v) is 28.1. The van der Waals surface area contributed by atoms with Gasteiger partial charge in [0.25, 0.3) is 0 Å². The van der Waals surface area contributed by atoms with Crippen LogP contribution < -0.4 is 0 Å². The fraction of sp³-hybridized carbons (Fsp3) is 0.879. The molecule has 372 valence electrons. The van der Waals surface area contributed by atoms with Gasteiger partial charge in [-0.25, -0.2) is 0 Å². The maximum atomic E-state index is 12.9. The van der Waals surface area contributed by atoms with Crippen LogP contribution in [-0.4, -0.2) is 49.7 Å². The van der Waals surface area contributed by atoms with Crippen LogP contribution in [0.3, 0.4) is 0 Å². The van der Waals surface area contributed by atoms with E-state index in [2.05, 4.69) is 57.2 Å². The zero-order chi connectivity index (χ0) is 45.6. The fourth-order valence-corrected chi connectivity index (χ4v) is 8.30. The largest absolute Gasteiger partial charge is 0.457 e. The molecule has 0 fully saturated rings. The van der Waals surface area contributed by atoms with E-state index in [9.17, 15) is 9.90 Å². The molecule has 0 radical (unpaired) electrons. The zero-order valence-electron chi connectivity index (χ0n) is 42.7. The van der Waals surface area contributed by atoms with Gasteiger partial charge in [-0.05, 0) is 96.3 Å². The Morgan fingerprint density at radius 1 is 0.381 bits per heavy atom. The highest BCUT2D eigenvalue weighted by molar-refractivity contribution is 5.69. The molecule has 0 aromatic heterocycles. The molecule has 0 amide bonds. The molecule has 63 heavy (non-hydrogen) atoms. The molecule has 0 aromatic carbocycles. The van der Waals surface area contributed by atoms with E-state index in [-0.39, 0.29) is 12.6 Å². The van der Waals surface area contributed by atoms with Crippen LogP contribution in [-0.2, 0) is 19.0 Å². The van der Waals surface area contributed by atoms with E-state index < -0.39 is 12.2 Å². The van der Waals surface area contributed by atoms with Gasteiger partial charge in [0.1, 0.15) is 6.10 Å². The number of rotatable bonds is 53. The first-order valence-electron chi connectivity index (χ1n) is 28.1. The lowest BCUT2D eigenvalue weighted by Gasteiger charge is -2.26. The van der Waals surface area contributed by atoms with Crippen LogP contribution in [0.5, 0.6) is 0 Å². The summed E-state index contributed by atoms with van der Waals surface area (Å²) < 4.78 is 18.2. The normalized spacial score (nSPS) is 13.0. The predicted octanol–water partition coefficient (Wildman–Crippen LogP) is 18.4. The van der Waals surface area contributed by atoms with E-state index in [4.69, 9.17) is 14.2 Å². The minimum absolute atomic E-state index is 0.231. The molecule has 1 N–H and O–H groups in total. The maximum Gasteiger partial charge on any atom is 0.306 e. The zero-order valence-corrected chi connectivity index (χ0v) is 42.7. The molecule has 0 heterocycles. The van der Waals surface area contributed by atoms with Crippen molar-refractivity contribution in [1.82, 2.24) is 0 Å². The lowest BCUT2D eigenvalue weighted by atomic mass is 10.1. The second-order valence-electron chi connectivity index (χ2n) is 18.9. The lowest BCUT2D eigenvalue weighted by Crippen LogP contribution is -2.40. The number of hydrogen-bond donors (Lipinski definition) is 1. The smallest absolute Gasteiger partial charge is 0.306 e. The molecule has 0 unspecified atom stereocenters. The molecule has 2 atom stereocenters. The second kappa shape index (κ2) is 54.9. The summed E-state index contributed by atoms with van der Waals surface area (Å²) in [6, 6.07) is 0. The summed E-state index contributed by atoms with van der Waals surface area (Å²) in [4.78, 5) is 12.9. The van der Waals surface area contributed by atoms with Crippen LogP contribution in [0.2, 0.25) is 0 Å². The number of carbonyl (C=O) groups is 1. The van der Waals surface area contributed by atoms with Crippen molar-refractivity contribution in [3.63, 3.8) is 0 Å². The van der Waals surface area contributed by atoms with E-state index in [1.807, 2.05) is 0 Å². The molecule has 0 rings (SSSR count). The van der Waals surface area contributed by atoms with Crippen molar-refractivity contribution in [2.75, 3.05) is 26.4 Å². The molecule has 0 aliphatic carbocycles. The van der Waals surface area contributed by atoms with Crippen LogP contribution in [0.1, 0.15) is 290 Å². The van der Waals surface area contributed by atoms with Gasteiger partial charge in [0, 0.05) is 19.6 Å². The quantitative estimate of drug-likeness (QED) is 0.0374. The minimum atomic E-state index is -0.686. The molecule has 0 saturated carbocycles. The van der Waals surface area contributed by atoms with E-state index in [0.717, 1.165) is 44.9 Å². The van der Waals surface area contributed by atoms with Gasteiger partial charge in [-0.2, -0.15) is 0 Å². The van der Waals surface area contributed by atoms with Crippen molar-refractivity contribution in [1.29, 1.82) is 0 Å². The standard InChI is InChI=1S/C58H110O5/c1-4-7-10-13-16-19-22-25-28-31-34-37-40-43-46-49-52-61-55-57(62-53-50-47-44-41-38-35-32-29-26-23-20-17-14-11-8-5-2)56(54-59)63-58(60)51-48-45-42-39-36-33-30-27-24-21-18-15-12-9-6-3/h25-30,56-57,59H,4-24,31-55H2,1-3H3/b28-25-,29-26-,30-27-/t56-,57+/m0/s1. The summed E-state index contributed by atoms with van der Waals surface area (Å²) >= 11 is 0. The van der Waals surface area contributed by atoms with Crippen molar-refractivity contribution < 1.29 is 24.1 Å². The molecule has 0 bridgehead atoms. The molecule has 0 aromatic rings. The van der Waals surface area contributed by atoms with E-state index in [1.165, 1.54) is 218 Å². The number of esters is 1. The third-order valence-electron chi connectivity index (χ3n) is 12.6. The number of aliphatic hydroxyl groups excluding tert-OH is 1. The number of allylic oxidation sites excluding steroid dienone is 6. The van der Waals surface area contributed by atoms with Gasteiger partial charge in [-0.3, -0.25) is 4.79 Å². The Morgan fingerprint density at radius 3 is 1.03 bits per heavy atom. The van der Waals surface area contributed by atoms with Gasteiger partial charge in [-0.15, -0.1) is 0 Å². The molecule has 5 heteroatoms. The summed E-state index contributed by atoms with van der Waals surface area (Å²) in [5.74, 6) is -0.231. The third kappa shape index (κ3) is 49.8. The highest BCUT2D eigenvalue weighted by atomic mass is 16.6. The molecule has 0 saturated heterocycles. The first-order chi connectivity index (χ1) is 31.2. The van der Waals surface area contributed by atoms with Crippen molar-refractivity contribution in [2.24, 2.45) is 0 Å². The van der Waals surface area contributed by atoms with Gasteiger partial charge in [0.05, 0.1) is 13.2 Å². The summed E-state index contributed by atoms with van der Waals surface area (Å²) in [7, 11) is 0. The SMILES string of the molecule is CCCCCCCC/C=C\CCCCCCCCOC[C@@H](OCCCCCCCC/C=C\CCCCCCCC)[C@H](CO)OC(=O)CCCCCCC/C=C\CCCCCCCC. The molecule has 5 nitrogen and oxygen atoms in total. The Balaban J connectivity index is 4.39.